The molecule has 0 bridgehead atoms. The number of amides is 2. The van der Waals surface area contributed by atoms with Crippen molar-refractivity contribution in [2.24, 2.45) is 5.73 Å². The number of carbonyl (C=O) groups excluding carboxylic acids is 2. The smallest absolute Gasteiger partial charge is 0.414 e. The third-order valence-electron chi connectivity index (χ3n) is 5.60. The van der Waals surface area contributed by atoms with Crippen molar-refractivity contribution in [1.29, 1.82) is 0 Å². The number of nitrogens with zero attached hydrogens (tertiary/aromatic N) is 3. The fourth-order valence-corrected chi connectivity index (χ4v) is 3.96. The first kappa shape index (κ1) is 21.5. The molecule has 0 saturated carbocycles. The van der Waals surface area contributed by atoms with E-state index in [0.29, 0.717) is 58.5 Å². The molecular weight excluding hydrogens is 440 g/mol. The molecule has 2 amide bonds. The Bertz CT molecular complexity index is 1310. The zero-order valence-corrected chi connectivity index (χ0v) is 18.4. The van der Waals surface area contributed by atoms with Crippen LogP contribution in [-0.4, -0.2) is 54.9 Å². The van der Waals surface area contributed by atoms with E-state index >= 15 is 0 Å². The first-order valence-corrected chi connectivity index (χ1v) is 10.7. The van der Waals surface area contributed by atoms with Crippen molar-refractivity contribution in [1.82, 2.24) is 9.97 Å². The molecule has 0 radical (unpaired) electrons. The standard InChI is InChI=1S/C24H22N4O6/c1-31-21-5-3-18-22(27-21)14(6-7-26-18)10-15(23(25)29)11-17-13-28(24(30)34-17)16-2-4-19-20(12-16)33-9-8-32-19/h2-7,10,12,17H,8-9,11,13H2,1H3,(H2,25,29). The minimum absolute atomic E-state index is 0.149. The van der Waals surface area contributed by atoms with Gasteiger partial charge in [-0.2, -0.15) is 0 Å². The number of fused-ring (bicyclic) bond motifs is 2. The van der Waals surface area contributed by atoms with Crippen LogP contribution in [0.4, 0.5) is 10.5 Å². The van der Waals surface area contributed by atoms with Gasteiger partial charge in [-0.15, -0.1) is 0 Å². The predicted octanol–water partition coefficient (Wildman–Crippen LogP) is 2.69. The average molecular weight is 462 g/mol. The van der Waals surface area contributed by atoms with Gasteiger partial charge in [0.2, 0.25) is 11.8 Å². The van der Waals surface area contributed by atoms with Crippen molar-refractivity contribution in [3.63, 3.8) is 0 Å². The number of pyridine rings is 2. The fourth-order valence-electron chi connectivity index (χ4n) is 3.96. The van der Waals surface area contributed by atoms with Gasteiger partial charge in [0.1, 0.15) is 19.3 Å². The lowest BCUT2D eigenvalue weighted by molar-refractivity contribution is -0.114. The maximum atomic E-state index is 12.6. The van der Waals surface area contributed by atoms with E-state index in [4.69, 9.17) is 24.7 Å². The molecule has 5 rings (SSSR count). The second-order valence-corrected chi connectivity index (χ2v) is 7.80. The SMILES string of the molecule is COc1ccc2nccc(C=C(CC3CN(c4ccc5c(c4)OCCO5)C(=O)O3)C(N)=O)c2n1. The van der Waals surface area contributed by atoms with E-state index in [1.807, 2.05) is 0 Å². The van der Waals surface area contributed by atoms with Gasteiger partial charge in [0.05, 0.1) is 30.4 Å². The van der Waals surface area contributed by atoms with E-state index in [9.17, 15) is 9.59 Å². The molecule has 2 aliphatic rings. The second kappa shape index (κ2) is 8.89. The van der Waals surface area contributed by atoms with E-state index < -0.39 is 18.1 Å². The van der Waals surface area contributed by atoms with Crippen LogP contribution in [0.1, 0.15) is 12.0 Å². The van der Waals surface area contributed by atoms with Gasteiger partial charge in [0.25, 0.3) is 0 Å². The number of methoxy groups -OCH3 is 1. The lowest BCUT2D eigenvalue weighted by atomic mass is 10.0. The normalized spacial score (nSPS) is 17.6. The highest BCUT2D eigenvalue weighted by Gasteiger charge is 2.34. The minimum Gasteiger partial charge on any atom is -0.486 e. The van der Waals surface area contributed by atoms with Crippen molar-refractivity contribution in [2.45, 2.75) is 12.5 Å². The monoisotopic (exact) mass is 462 g/mol. The van der Waals surface area contributed by atoms with Gasteiger partial charge in [-0.05, 0) is 30.3 Å². The summed E-state index contributed by atoms with van der Waals surface area (Å²) in [7, 11) is 1.52. The summed E-state index contributed by atoms with van der Waals surface area (Å²) in [5.74, 6) is 1.02. The van der Waals surface area contributed by atoms with Gasteiger partial charge in [-0.25, -0.2) is 9.78 Å². The van der Waals surface area contributed by atoms with Crippen molar-refractivity contribution >= 4 is 34.8 Å². The Hall–Kier alpha value is -4.34. The minimum atomic E-state index is -0.610. The number of hydrogen-bond acceptors (Lipinski definition) is 8. The van der Waals surface area contributed by atoms with Crippen LogP contribution in [0.5, 0.6) is 17.4 Å². The van der Waals surface area contributed by atoms with Gasteiger partial charge in [0.15, 0.2) is 11.5 Å². The molecule has 2 aliphatic heterocycles. The summed E-state index contributed by atoms with van der Waals surface area (Å²) in [5.41, 5.74) is 8.47. The Morgan fingerprint density at radius 1 is 1.21 bits per heavy atom. The first-order chi connectivity index (χ1) is 16.5. The maximum absolute atomic E-state index is 12.6. The van der Waals surface area contributed by atoms with Crippen LogP contribution < -0.4 is 24.8 Å². The summed E-state index contributed by atoms with van der Waals surface area (Å²) < 4.78 is 21.9. The summed E-state index contributed by atoms with van der Waals surface area (Å²) in [4.78, 5) is 35.1. The topological polar surface area (TPSA) is 126 Å². The van der Waals surface area contributed by atoms with E-state index in [0.717, 1.165) is 0 Å². The molecule has 2 aromatic heterocycles. The van der Waals surface area contributed by atoms with E-state index in [1.54, 1.807) is 48.7 Å². The highest BCUT2D eigenvalue weighted by molar-refractivity contribution is 5.99. The lowest BCUT2D eigenvalue weighted by Crippen LogP contribution is -2.26. The number of rotatable bonds is 6. The molecule has 0 spiro atoms. The molecule has 2 N–H and O–H groups in total. The molecular formula is C24H22N4O6. The largest absolute Gasteiger partial charge is 0.486 e. The highest BCUT2D eigenvalue weighted by Crippen LogP contribution is 2.35. The first-order valence-electron chi connectivity index (χ1n) is 10.7. The van der Waals surface area contributed by atoms with E-state index in [2.05, 4.69) is 9.97 Å². The number of aromatic nitrogens is 2. The Morgan fingerprint density at radius 3 is 2.82 bits per heavy atom. The molecule has 1 unspecified atom stereocenters. The quantitative estimate of drug-likeness (QED) is 0.554. The van der Waals surface area contributed by atoms with Crippen LogP contribution in [0, 0.1) is 0 Å². The van der Waals surface area contributed by atoms with Gasteiger partial charge in [-0.3, -0.25) is 14.7 Å². The van der Waals surface area contributed by atoms with E-state index in [1.165, 1.54) is 12.0 Å². The molecule has 10 heteroatoms. The molecule has 34 heavy (non-hydrogen) atoms. The van der Waals surface area contributed by atoms with Crippen LogP contribution in [0.25, 0.3) is 17.1 Å². The van der Waals surface area contributed by atoms with Crippen molar-refractivity contribution in [3.8, 4) is 17.4 Å². The molecule has 0 aliphatic carbocycles. The highest BCUT2D eigenvalue weighted by atomic mass is 16.6. The van der Waals surface area contributed by atoms with Crippen LogP contribution in [-0.2, 0) is 9.53 Å². The molecule has 1 saturated heterocycles. The third kappa shape index (κ3) is 4.17. The molecule has 174 valence electrons. The number of primary amides is 1. The van der Waals surface area contributed by atoms with Crippen molar-refractivity contribution < 1.29 is 28.5 Å². The Balaban J connectivity index is 1.39. The molecule has 4 heterocycles. The number of anilines is 1. The number of nitrogens with two attached hydrogens (primary N) is 1. The summed E-state index contributed by atoms with van der Waals surface area (Å²) in [6.45, 7) is 1.18. The summed E-state index contributed by atoms with van der Waals surface area (Å²) in [6, 6.07) is 10.5. The fraction of sp³-hybridized carbons (Fsp3) is 0.250. The summed E-state index contributed by atoms with van der Waals surface area (Å²) >= 11 is 0. The molecule has 1 atom stereocenters. The number of benzene rings is 1. The van der Waals surface area contributed by atoms with Gasteiger partial charge < -0.3 is 24.7 Å². The molecule has 10 nitrogen and oxygen atoms in total. The average Bonchev–Trinajstić information content (AvgIpc) is 3.23. The van der Waals surface area contributed by atoms with Crippen molar-refractivity contribution in [3.05, 3.63) is 53.7 Å². The Morgan fingerprint density at radius 2 is 2.03 bits per heavy atom. The van der Waals surface area contributed by atoms with Crippen LogP contribution in [0.15, 0.2) is 48.2 Å². The Labute approximate surface area is 194 Å². The second-order valence-electron chi connectivity index (χ2n) is 7.80. The number of carbonyl (C=O) groups is 2. The van der Waals surface area contributed by atoms with Crippen molar-refractivity contribution in [2.75, 3.05) is 31.8 Å². The van der Waals surface area contributed by atoms with Gasteiger partial charge in [-0.1, -0.05) is 0 Å². The summed E-state index contributed by atoms with van der Waals surface area (Å²) in [5, 5.41) is 0. The predicted molar refractivity (Wildman–Crippen MR) is 123 cm³/mol. The maximum Gasteiger partial charge on any atom is 0.414 e. The number of ether oxygens (including phenoxy) is 4. The number of hydrogen-bond donors (Lipinski definition) is 1. The third-order valence-corrected chi connectivity index (χ3v) is 5.60. The number of cyclic esters (lactones) is 1. The van der Waals surface area contributed by atoms with Crippen LogP contribution in [0.3, 0.4) is 0 Å². The molecule has 1 aromatic carbocycles. The van der Waals surface area contributed by atoms with Crippen LogP contribution in [0.2, 0.25) is 0 Å². The molecule has 1 fully saturated rings. The summed E-state index contributed by atoms with van der Waals surface area (Å²) in [6.07, 6.45) is 2.36. The van der Waals surface area contributed by atoms with Gasteiger partial charge >= 0.3 is 6.09 Å². The molecule has 3 aromatic rings. The zero-order valence-electron chi connectivity index (χ0n) is 18.4. The zero-order chi connectivity index (χ0) is 23.7. The van der Waals surface area contributed by atoms with E-state index in [-0.39, 0.29) is 13.0 Å². The Kier molecular flexibility index (Phi) is 5.62. The van der Waals surface area contributed by atoms with Gasteiger partial charge in [0, 0.05) is 35.9 Å². The lowest BCUT2D eigenvalue weighted by Gasteiger charge is -2.21. The van der Waals surface area contributed by atoms with Crippen LogP contribution >= 0.6 is 0 Å².